The molecule has 0 bridgehead atoms. The third kappa shape index (κ3) is 1.95. The Hall–Kier alpha value is -1.52. The van der Waals surface area contributed by atoms with Crippen LogP contribution in [0.5, 0.6) is 0 Å². The molecule has 1 aromatic rings. The van der Waals surface area contributed by atoms with E-state index in [4.69, 9.17) is 0 Å². The standard InChI is InChI=1S/C10H13N3O2/c1-6(9(14)7-3-4-7)10(15)8-5-13(2)12-11-8/h5-7H,3-4H2,1-2H3. The van der Waals surface area contributed by atoms with Gasteiger partial charge in [-0.25, -0.2) is 0 Å². The number of carbonyl (C=O) groups is 2. The molecule has 0 amide bonds. The van der Waals surface area contributed by atoms with Gasteiger partial charge in [0.2, 0.25) is 0 Å². The van der Waals surface area contributed by atoms with Crippen LogP contribution in [0.4, 0.5) is 0 Å². The van der Waals surface area contributed by atoms with Gasteiger partial charge in [0.25, 0.3) is 0 Å². The second kappa shape index (κ2) is 3.56. The minimum Gasteiger partial charge on any atom is -0.299 e. The zero-order chi connectivity index (χ0) is 11.0. The van der Waals surface area contributed by atoms with E-state index in [-0.39, 0.29) is 23.2 Å². The summed E-state index contributed by atoms with van der Waals surface area (Å²) in [7, 11) is 1.69. The first-order chi connectivity index (χ1) is 7.09. The molecule has 15 heavy (non-hydrogen) atoms. The summed E-state index contributed by atoms with van der Waals surface area (Å²) in [5.74, 6) is -0.638. The molecule has 0 aliphatic heterocycles. The van der Waals surface area contributed by atoms with Crippen molar-refractivity contribution in [2.45, 2.75) is 19.8 Å². The summed E-state index contributed by atoms with van der Waals surface area (Å²) in [5, 5.41) is 7.38. The van der Waals surface area contributed by atoms with Crippen molar-refractivity contribution in [3.8, 4) is 0 Å². The summed E-state index contributed by atoms with van der Waals surface area (Å²) in [6.07, 6.45) is 3.40. The summed E-state index contributed by atoms with van der Waals surface area (Å²) in [4.78, 5) is 23.4. The Morgan fingerprint density at radius 3 is 2.67 bits per heavy atom. The van der Waals surface area contributed by atoms with Crippen LogP contribution in [0.25, 0.3) is 0 Å². The van der Waals surface area contributed by atoms with Gasteiger partial charge in [0, 0.05) is 13.0 Å². The Morgan fingerprint density at radius 2 is 2.20 bits per heavy atom. The molecule has 5 heteroatoms. The molecule has 1 atom stereocenters. The Balaban J connectivity index is 2.09. The van der Waals surface area contributed by atoms with E-state index in [2.05, 4.69) is 10.3 Å². The maximum atomic E-state index is 11.8. The molecule has 1 aliphatic rings. The highest BCUT2D eigenvalue weighted by molar-refractivity contribution is 6.10. The van der Waals surface area contributed by atoms with Gasteiger partial charge in [-0.3, -0.25) is 14.3 Å². The van der Waals surface area contributed by atoms with E-state index in [1.54, 1.807) is 20.2 Å². The molecule has 1 heterocycles. The predicted molar refractivity (Wildman–Crippen MR) is 52.2 cm³/mol. The predicted octanol–water partition coefficient (Wildman–Crippen LogP) is 0.613. The molecule has 5 nitrogen and oxygen atoms in total. The molecule has 1 aliphatic carbocycles. The van der Waals surface area contributed by atoms with Crippen LogP contribution in [0, 0.1) is 11.8 Å². The SMILES string of the molecule is CC(C(=O)c1cn(C)nn1)C(=O)C1CC1. The van der Waals surface area contributed by atoms with Crippen LogP contribution in [0.1, 0.15) is 30.3 Å². The lowest BCUT2D eigenvalue weighted by Crippen LogP contribution is -2.22. The van der Waals surface area contributed by atoms with E-state index in [1.807, 2.05) is 0 Å². The smallest absolute Gasteiger partial charge is 0.194 e. The fraction of sp³-hybridized carbons (Fsp3) is 0.600. The van der Waals surface area contributed by atoms with Gasteiger partial charge in [-0.15, -0.1) is 5.10 Å². The molecule has 1 saturated carbocycles. The Bertz CT molecular complexity index is 407. The third-order valence-corrected chi connectivity index (χ3v) is 2.65. The highest BCUT2D eigenvalue weighted by atomic mass is 16.2. The van der Waals surface area contributed by atoms with Gasteiger partial charge in [0.05, 0.1) is 12.1 Å². The Kier molecular flexibility index (Phi) is 2.38. The Morgan fingerprint density at radius 1 is 1.53 bits per heavy atom. The second-order valence-electron chi connectivity index (χ2n) is 4.04. The van der Waals surface area contributed by atoms with Gasteiger partial charge in [-0.2, -0.15) is 0 Å². The number of hydrogen-bond acceptors (Lipinski definition) is 4. The largest absolute Gasteiger partial charge is 0.299 e. The number of carbonyl (C=O) groups excluding carboxylic acids is 2. The lowest BCUT2D eigenvalue weighted by atomic mass is 9.96. The maximum Gasteiger partial charge on any atom is 0.194 e. The van der Waals surface area contributed by atoms with E-state index < -0.39 is 5.92 Å². The lowest BCUT2D eigenvalue weighted by Gasteiger charge is -2.05. The van der Waals surface area contributed by atoms with Crippen molar-refractivity contribution >= 4 is 11.6 Å². The topological polar surface area (TPSA) is 64.8 Å². The summed E-state index contributed by atoms with van der Waals surface area (Å²) in [6, 6.07) is 0. The first-order valence-corrected chi connectivity index (χ1v) is 5.04. The van der Waals surface area contributed by atoms with Crippen LogP contribution in [-0.2, 0) is 11.8 Å². The van der Waals surface area contributed by atoms with Crippen LogP contribution in [0.2, 0.25) is 0 Å². The highest BCUT2D eigenvalue weighted by Gasteiger charge is 2.36. The fourth-order valence-electron chi connectivity index (χ4n) is 1.53. The van der Waals surface area contributed by atoms with Gasteiger partial charge in [-0.05, 0) is 19.8 Å². The summed E-state index contributed by atoms with van der Waals surface area (Å²) >= 11 is 0. The number of aryl methyl sites for hydroxylation is 1. The van der Waals surface area contributed by atoms with Gasteiger partial charge < -0.3 is 0 Å². The zero-order valence-electron chi connectivity index (χ0n) is 8.80. The minimum atomic E-state index is -0.575. The van der Waals surface area contributed by atoms with E-state index in [1.165, 1.54) is 4.68 Å². The quantitative estimate of drug-likeness (QED) is 0.536. The number of aromatic nitrogens is 3. The highest BCUT2D eigenvalue weighted by Crippen LogP contribution is 2.32. The monoisotopic (exact) mass is 207 g/mol. The maximum absolute atomic E-state index is 11.8. The molecule has 1 aromatic heterocycles. The van der Waals surface area contributed by atoms with Crippen LogP contribution < -0.4 is 0 Å². The van der Waals surface area contributed by atoms with Gasteiger partial charge in [0.15, 0.2) is 5.78 Å². The van der Waals surface area contributed by atoms with Crippen LogP contribution in [-0.4, -0.2) is 26.6 Å². The van der Waals surface area contributed by atoms with Gasteiger partial charge >= 0.3 is 0 Å². The first-order valence-electron chi connectivity index (χ1n) is 5.04. The molecule has 80 valence electrons. The first kappa shape index (κ1) is 10.0. The molecule has 0 radical (unpaired) electrons. The van der Waals surface area contributed by atoms with E-state index in [0.717, 1.165) is 12.8 Å². The van der Waals surface area contributed by atoms with Gasteiger partial charge in [0.1, 0.15) is 11.5 Å². The van der Waals surface area contributed by atoms with Crippen molar-refractivity contribution in [3.63, 3.8) is 0 Å². The number of hydrogen-bond donors (Lipinski definition) is 0. The van der Waals surface area contributed by atoms with E-state index >= 15 is 0 Å². The van der Waals surface area contributed by atoms with Crippen molar-refractivity contribution in [2.24, 2.45) is 18.9 Å². The number of Topliss-reactive ketones (excluding diaryl/α,β-unsaturated/α-hetero) is 2. The van der Waals surface area contributed by atoms with E-state index in [9.17, 15) is 9.59 Å². The molecule has 0 spiro atoms. The van der Waals surface area contributed by atoms with Crippen molar-refractivity contribution in [3.05, 3.63) is 11.9 Å². The molecular formula is C10H13N3O2. The second-order valence-corrected chi connectivity index (χ2v) is 4.04. The molecule has 0 saturated heterocycles. The zero-order valence-corrected chi connectivity index (χ0v) is 8.80. The van der Waals surface area contributed by atoms with E-state index in [0.29, 0.717) is 0 Å². The molecule has 2 rings (SSSR count). The molecule has 1 fully saturated rings. The van der Waals surface area contributed by atoms with Crippen molar-refractivity contribution in [1.29, 1.82) is 0 Å². The normalized spacial score (nSPS) is 17.5. The number of rotatable bonds is 4. The van der Waals surface area contributed by atoms with Crippen LogP contribution >= 0.6 is 0 Å². The average molecular weight is 207 g/mol. The van der Waals surface area contributed by atoms with Crippen molar-refractivity contribution in [2.75, 3.05) is 0 Å². The Labute approximate surface area is 87.5 Å². The summed E-state index contributed by atoms with van der Waals surface area (Å²) in [5.41, 5.74) is 0.277. The van der Waals surface area contributed by atoms with Crippen LogP contribution in [0.3, 0.4) is 0 Å². The molecule has 1 unspecified atom stereocenters. The van der Waals surface area contributed by atoms with Crippen molar-refractivity contribution in [1.82, 2.24) is 15.0 Å². The summed E-state index contributed by atoms with van der Waals surface area (Å²) < 4.78 is 1.46. The third-order valence-electron chi connectivity index (χ3n) is 2.65. The fourth-order valence-corrected chi connectivity index (χ4v) is 1.53. The summed E-state index contributed by atoms with van der Waals surface area (Å²) in [6.45, 7) is 1.65. The minimum absolute atomic E-state index is 0.0469. The molecular weight excluding hydrogens is 194 g/mol. The number of nitrogens with zero attached hydrogens (tertiary/aromatic N) is 3. The van der Waals surface area contributed by atoms with Crippen LogP contribution in [0.15, 0.2) is 6.20 Å². The molecule has 0 aromatic carbocycles. The average Bonchev–Trinajstić information content (AvgIpc) is 2.98. The molecule has 0 N–H and O–H groups in total. The number of ketones is 2. The lowest BCUT2D eigenvalue weighted by molar-refractivity contribution is -0.122. The van der Waals surface area contributed by atoms with Crippen molar-refractivity contribution < 1.29 is 9.59 Å². The van der Waals surface area contributed by atoms with Gasteiger partial charge in [-0.1, -0.05) is 5.21 Å².